The predicted octanol–water partition coefficient (Wildman–Crippen LogP) is 1.81. The van der Waals surface area contributed by atoms with Crippen LogP contribution in [0.2, 0.25) is 0 Å². The van der Waals surface area contributed by atoms with E-state index in [1.54, 1.807) is 7.05 Å². The molecule has 0 heterocycles. The Hall–Kier alpha value is -1.07. The molecule has 0 aromatic heterocycles. The van der Waals surface area contributed by atoms with Crippen molar-refractivity contribution in [2.75, 3.05) is 17.6 Å². The number of benzene rings is 1. The molecule has 1 fully saturated rings. The van der Waals surface area contributed by atoms with Gasteiger partial charge in [-0.25, -0.2) is 8.42 Å². The van der Waals surface area contributed by atoms with Gasteiger partial charge in [-0.05, 0) is 24.5 Å². The van der Waals surface area contributed by atoms with E-state index in [9.17, 15) is 8.42 Å². The van der Waals surface area contributed by atoms with Gasteiger partial charge in [-0.3, -0.25) is 4.31 Å². The number of hydrogen-bond acceptors (Lipinski definition) is 3. The summed E-state index contributed by atoms with van der Waals surface area (Å²) < 4.78 is 24.7. The number of sulfonamides is 1. The quantitative estimate of drug-likeness (QED) is 0.909. The van der Waals surface area contributed by atoms with Crippen molar-refractivity contribution in [1.82, 2.24) is 0 Å². The first-order valence-electron chi connectivity index (χ1n) is 6.17. The number of rotatable bonds is 3. The number of nitrogens with zero attached hydrogens (tertiary/aromatic N) is 1. The molecular formula is C13H20N2O2S. The van der Waals surface area contributed by atoms with E-state index in [4.69, 9.17) is 5.73 Å². The van der Waals surface area contributed by atoms with Crippen molar-refractivity contribution >= 4 is 15.7 Å². The van der Waals surface area contributed by atoms with E-state index in [-0.39, 0.29) is 5.54 Å². The third kappa shape index (κ3) is 2.37. The molecule has 1 aromatic carbocycles. The molecule has 0 amide bonds. The molecule has 0 saturated heterocycles. The van der Waals surface area contributed by atoms with Crippen LogP contribution in [0.25, 0.3) is 0 Å². The Morgan fingerprint density at radius 1 is 1.22 bits per heavy atom. The first kappa shape index (κ1) is 13.4. The van der Waals surface area contributed by atoms with Gasteiger partial charge in [-0.2, -0.15) is 0 Å². The Kier molecular flexibility index (Phi) is 3.38. The molecule has 1 aliphatic rings. The Bertz CT molecular complexity index is 534. The maximum absolute atomic E-state index is 11.7. The van der Waals surface area contributed by atoms with Gasteiger partial charge in [-0.15, -0.1) is 0 Å². The lowest BCUT2D eigenvalue weighted by Crippen LogP contribution is -2.36. The van der Waals surface area contributed by atoms with Gasteiger partial charge < -0.3 is 5.73 Å². The molecule has 1 saturated carbocycles. The summed E-state index contributed by atoms with van der Waals surface area (Å²) in [6.45, 7) is 0. The molecule has 18 heavy (non-hydrogen) atoms. The fourth-order valence-corrected chi connectivity index (χ4v) is 3.14. The lowest BCUT2D eigenvalue weighted by molar-refractivity contribution is 0.462. The highest BCUT2D eigenvalue weighted by Crippen LogP contribution is 2.40. The van der Waals surface area contributed by atoms with E-state index in [0.29, 0.717) is 5.69 Å². The summed E-state index contributed by atoms with van der Waals surface area (Å²) >= 11 is 0. The predicted molar refractivity (Wildman–Crippen MR) is 74.0 cm³/mol. The molecule has 1 aromatic rings. The molecule has 0 unspecified atom stereocenters. The third-order valence-electron chi connectivity index (χ3n) is 3.77. The molecular weight excluding hydrogens is 248 g/mol. The van der Waals surface area contributed by atoms with Gasteiger partial charge in [0.25, 0.3) is 0 Å². The van der Waals surface area contributed by atoms with Crippen LogP contribution in [0.1, 0.15) is 31.2 Å². The van der Waals surface area contributed by atoms with Crippen molar-refractivity contribution in [3.05, 3.63) is 29.8 Å². The second-order valence-electron chi connectivity index (χ2n) is 5.11. The standard InChI is InChI=1S/C13H20N2O2S/c1-15(18(2,16)17)12-8-4-3-7-11(12)13(14)9-5-6-10-13/h3-4,7-8H,5-6,9-10,14H2,1-2H3. The van der Waals surface area contributed by atoms with E-state index < -0.39 is 10.0 Å². The summed E-state index contributed by atoms with van der Waals surface area (Å²) in [6, 6.07) is 7.53. The van der Waals surface area contributed by atoms with Gasteiger partial charge in [0, 0.05) is 12.6 Å². The van der Waals surface area contributed by atoms with Crippen molar-refractivity contribution in [1.29, 1.82) is 0 Å². The second-order valence-corrected chi connectivity index (χ2v) is 7.12. The van der Waals surface area contributed by atoms with Crippen molar-refractivity contribution in [2.45, 2.75) is 31.2 Å². The molecule has 2 N–H and O–H groups in total. The third-order valence-corrected chi connectivity index (χ3v) is 4.96. The van der Waals surface area contributed by atoms with Crippen LogP contribution >= 0.6 is 0 Å². The first-order valence-corrected chi connectivity index (χ1v) is 8.02. The molecule has 0 spiro atoms. The minimum Gasteiger partial charge on any atom is -0.321 e. The molecule has 100 valence electrons. The van der Waals surface area contributed by atoms with Crippen LogP contribution in [0.15, 0.2) is 24.3 Å². The van der Waals surface area contributed by atoms with Gasteiger partial charge in [0.15, 0.2) is 0 Å². The SMILES string of the molecule is CN(c1ccccc1C1(N)CCCC1)S(C)(=O)=O. The maximum Gasteiger partial charge on any atom is 0.232 e. The summed E-state index contributed by atoms with van der Waals surface area (Å²) in [5, 5.41) is 0. The highest BCUT2D eigenvalue weighted by Gasteiger charge is 2.34. The van der Waals surface area contributed by atoms with Crippen LogP contribution < -0.4 is 10.0 Å². The minimum absolute atomic E-state index is 0.379. The van der Waals surface area contributed by atoms with Gasteiger partial charge in [0.05, 0.1) is 11.9 Å². The highest BCUT2D eigenvalue weighted by molar-refractivity contribution is 7.92. The van der Waals surface area contributed by atoms with Crippen LogP contribution in [-0.2, 0) is 15.6 Å². The number of para-hydroxylation sites is 1. The zero-order valence-corrected chi connectivity index (χ0v) is 11.7. The monoisotopic (exact) mass is 268 g/mol. The van der Waals surface area contributed by atoms with E-state index in [2.05, 4.69) is 0 Å². The van der Waals surface area contributed by atoms with Crippen LogP contribution in [0.5, 0.6) is 0 Å². The van der Waals surface area contributed by atoms with Crippen molar-refractivity contribution in [3.63, 3.8) is 0 Å². The smallest absolute Gasteiger partial charge is 0.232 e. The Labute approximate surface area is 109 Å². The van der Waals surface area contributed by atoms with Crippen molar-refractivity contribution in [2.24, 2.45) is 5.73 Å². The molecule has 1 aliphatic carbocycles. The van der Waals surface area contributed by atoms with Crippen molar-refractivity contribution in [3.8, 4) is 0 Å². The summed E-state index contributed by atoms with van der Waals surface area (Å²) in [6.07, 6.45) is 5.26. The molecule has 5 heteroatoms. The summed E-state index contributed by atoms with van der Waals surface area (Å²) in [5.41, 5.74) is 7.70. The summed E-state index contributed by atoms with van der Waals surface area (Å²) in [4.78, 5) is 0. The fourth-order valence-electron chi connectivity index (χ4n) is 2.62. The Morgan fingerprint density at radius 2 is 1.78 bits per heavy atom. The zero-order chi connectivity index (χ0) is 13.4. The topological polar surface area (TPSA) is 63.4 Å². The average Bonchev–Trinajstić information content (AvgIpc) is 2.75. The van der Waals surface area contributed by atoms with E-state index >= 15 is 0 Å². The van der Waals surface area contributed by atoms with Crippen LogP contribution in [0, 0.1) is 0 Å². The second kappa shape index (κ2) is 4.55. The molecule has 0 bridgehead atoms. The van der Waals surface area contributed by atoms with Gasteiger partial charge >= 0.3 is 0 Å². The van der Waals surface area contributed by atoms with Gasteiger partial charge in [0.2, 0.25) is 10.0 Å². The van der Waals surface area contributed by atoms with Gasteiger partial charge in [0.1, 0.15) is 0 Å². The number of hydrogen-bond donors (Lipinski definition) is 1. The minimum atomic E-state index is -3.26. The fraction of sp³-hybridized carbons (Fsp3) is 0.538. The lowest BCUT2D eigenvalue weighted by atomic mass is 9.88. The van der Waals surface area contributed by atoms with E-state index in [0.717, 1.165) is 31.2 Å². The van der Waals surface area contributed by atoms with E-state index in [1.807, 2.05) is 24.3 Å². The molecule has 4 nitrogen and oxygen atoms in total. The maximum atomic E-state index is 11.7. The molecule has 0 radical (unpaired) electrons. The Morgan fingerprint density at radius 3 is 2.33 bits per heavy atom. The van der Waals surface area contributed by atoms with Crippen molar-refractivity contribution < 1.29 is 8.42 Å². The van der Waals surface area contributed by atoms with Crippen LogP contribution in [0.3, 0.4) is 0 Å². The highest BCUT2D eigenvalue weighted by atomic mass is 32.2. The van der Waals surface area contributed by atoms with E-state index in [1.165, 1.54) is 10.6 Å². The zero-order valence-electron chi connectivity index (χ0n) is 10.9. The number of nitrogens with two attached hydrogens (primary N) is 1. The van der Waals surface area contributed by atoms with Gasteiger partial charge in [-0.1, -0.05) is 31.0 Å². The normalized spacial score (nSPS) is 18.8. The Balaban J connectivity index is 2.50. The largest absolute Gasteiger partial charge is 0.321 e. The summed E-state index contributed by atoms with van der Waals surface area (Å²) in [7, 11) is -1.68. The van der Waals surface area contributed by atoms with Crippen LogP contribution in [0.4, 0.5) is 5.69 Å². The number of anilines is 1. The molecule has 0 aliphatic heterocycles. The average molecular weight is 268 g/mol. The molecule has 2 rings (SSSR count). The van der Waals surface area contributed by atoms with Crippen LogP contribution in [-0.4, -0.2) is 21.7 Å². The molecule has 0 atom stereocenters. The first-order chi connectivity index (χ1) is 8.34. The lowest BCUT2D eigenvalue weighted by Gasteiger charge is -2.30. The summed E-state index contributed by atoms with van der Waals surface area (Å²) in [5.74, 6) is 0.